The molecule has 1 saturated carbocycles. The quantitative estimate of drug-likeness (QED) is 0.691. The van der Waals surface area contributed by atoms with Crippen LogP contribution in [0.3, 0.4) is 0 Å². The molecule has 1 aliphatic heterocycles. The highest BCUT2D eigenvalue weighted by Crippen LogP contribution is 2.25. The summed E-state index contributed by atoms with van der Waals surface area (Å²) in [5.41, 5.74) is -0.211. The van der Waals surface area contributed by atoms with Gasteiger partial charge in [0.1, 0.15) is 0 Å². The average Bonchev–Trinajstić information content (AvgIpc) is 2.98. The van der Waals surface area contributed by atoms with Crippen LogP contribution in [0.4, 0.5) is 0 Å². The van der Waals surface area contributed by atoms with Gasteiger partial charge in [0.2, 0.25) is 0 Å². The molecule has 0 aromatic carbocycles. The average molecular weight is 257 g/mol. The van der Waals surface area contributed by atoms with Gasteiger partial charge in [-0.3, -0.25) is 0 Å². The van der Waals surface area contributed by atoms with Crippen LogP contribution in [0.1, 0.15) is 46.0 Å². The molecule has 3 atom stereocenters. The number of hydrogen-bond acceptors (Lipinski definition) is 4. The lowest BCUT2D eigenvalue weighted by atomic mass is 9.95. The molecule has 0 amide bonds. The Hall–Kier alpha value is -0.160. The fourth-order valence-corrected chi connectivity index (χ4v) is 2.63. The Morgan fingerprint density at radius 3 is 2.78 bits per heavy atom. The van der Waals surface area contributed by atoms with Crippen molar-refractivity contribution in [2.24, 2.45) is 0 Å². The van der Waals surface area contributed by atoms with Crippen molar-refractivity contribution in [1.82, 2.24) is 5.32 Å². The van der Waals surface area contributed by atoms with E-state index < -0.39 is 0 Å². The number of ether oxygens (including phenoxy) is 2. The van der Waals surface area contributed by atoms with E-state index in [4.69, 9.17) is 9.47 Å². The molecule has 2 N–H and O–H groups in total. The van der Waals surface area contributed by atoms with Crippen LogP contribution in [0.15, 0.2) is 0 Å². The van der Waals surface area contributed by atoms with Crippen LogP contribution in [-0.2, 0) is 9.47 Å². The molecule has 1 aliphatic carbocycles. The van der Waals surface area contributed by atoms with E-state index in [1.54, 1.807) is 0 Å². The van der Waals surface area contributed by atoms with Crippen molar-refractivity contribution in [3.05, 3.63) is 0 Å². The van der Waals surface area contributed by atoms with Crippen LogP contribution in [-0.4, -0.2) is 48.7 Å². The fraction of sp³-hybridized carbons (Fsp3) is 1.00. The third-order valence-electron chi connectivity index (χ3n) is 3.81. The molecule has 1 saturated heterocycles. The normalized spacial score (nSPS) is 29.2. The molecule has 1 heterocycles. The van der Waals surface area contributed by atoms with Gasteiger partial charge in [-0.15, -0.1) is 0 Å². The Morgan fingerprint density at radius 1 is 1.44 bits per heavy atom. The van der Waals surface area contributed by atoms with Gasteiger partial charge in [0.15, 0.2) is 0 Å². The van der Waals surface area contributed by atoms with Crippen molar-refractivity contribution in [3.63, 3.8) is 0 Å². The van der Waals surface area contributed by atoms with Gasteiger partial charge in [0.05, 0.1) is 25.4 Å². The number of aliphatic hydroxyl groups is 1. The molecular weight excluding hydrogens is 230 g/mol. The summed E-state index contributed by atoms with van der Waals surface area (Å²) in [6.07, 6.45) is 6.01. The third-order valence-corrected chi connectivity index (χ3v) is 3.81. The molecule has 3 unspecified atom stereocenters. The molecule has 2 fully saturated rings. The van der Waals surface area contributed by atoms with E-state index in [2.05, 4.69) is 19.2 Å². The number of aliphatic hydroxyl groups excluding tert-OH is 1. The lowest BCUT2D eigenvalue weighted by molar-refractivity contribution is -0.0287. The van der Waals surface area contributed by atoms with Crippen molar-refractivity contribution in [2.75, 3.05) is 19.8 Å². The van der Waals surface area contributed by atoms with E-state index in [0.29, 0.717) is 12.6 Å². The van der Waals surface area contributed by atoms with Crippen LogP contribution in [0, 0.1) is 0 Å². The topological polar surface area (TPSA) is 50.7 Å². The molecule has 4 heteroatoms. The van der Waals surface area contributed by atoms with E-state index >= 15 is 0 Å². The largest absolute Gasteiger partial charge is 0.394 e. The standard InChI is InChI=1S/C14H27NO3/c1-11(18-9-13-4-3-7-17-13)8-14(2,10-16)15-12-5-6-12/h11-13,15-16H,3-10H2,1-2H3. The Morgan fingerprint density at radius 2 is 2.22 bits per heavy atom. The summed E-state index contributed by atoms with van der Waals surface area (Å²) < 4.78 is 11.4. The fourth-order valence-electron chi connectivity index (χ4n) is 2.63. The third kappa shape index (κ3) is 4.50. The van der Waals surface area contributed by atoms with E-state index in [1.165, 1.54) is 12.8 Å². The summed E-state index contributed by atoms with van der Waals surface area (Å²) in [5.74, 6) is 0. The van der Waals surface area contributed by atoms with Gasteiger partial charge >= 0.3 is 0 Å². The first-order valence-electron chi connectivity index (χ1n) is 7.23. The maximum atomic E-state index is 9.55. The lowest BCUT2D eigenvalue weighted by Crippen LogP contribution is -2.49. The van der Waals surface area contributed by atoms with Crippen LogP contribution < -0.4 is 5.32 Å². The van der Waals surface area contributed by atoms with Gasteiger partial charge in [0, 0.05) is 18.2 Å². The molecule has 0 aromatic rings. The first-order chi connectivity index (χ1) is 8.61. The van der Waals surface area contributed by atoms with Crippen LogP contribution in [0.25, 0.3) is 0 Å². The van der Waals surface area contributed by atoms with Gasteiger partial charge in [-0.05, 0) is 46.0 Å². The summed E-state index contributed by atoms with van der Waals surface area (Å²) in [5, 5.41) is 13.1. The zero-order valence-corrected chi connectivity index (χ0v) is 11.7. The predicted molar refractivity (Wildman–Crippen MR) is 70.7 cm³/mol. The van der Waals surface area contributed by atoms with E-state index in [9.17, 15) is 5.11 Å². The van der Waals surface area contributed by atoms with Crippen molar-refractivity contribution in [2.45, 2.75) is 69.7 Å². The first kappa shape index (κ1) is 14.3. The van der Waals surface area contributed by atoms with Gasteiger partial charge in [0.25, 0.3) is 0 Å². The molecular formula is C14H27NO3. The smallest absolute Gasteiger partial charge is 0.0809 e. The molecule has 106 valence electrons. The summed E-state index contributed by atoms with van der Waals surface area (Å²) in [6.45, 7) is 5.89. The predicted octanol–water partition coefficient (Wildman–Crippen LogP) is 1.46. The molecule has 0 radical (unpaired) electrons. The first-order valence-corrected chi connectivity index (χ1v) is 7.23. The highest BCUT2D eigenvalue weighted by molar-refractivity contribution is 4.93. The highest BCUT2D eigenvalue weighted by Gasteiger charge is 2.33. The second-order valence-electron chi connectivity index (χ2n) is 6.12. The zero-order chi connectivity index (χ0) is 13.0. The highest BCUT2D eigenvalue weighted by atomic mass is 16.5. The zero-order valence-electron chi connectivity index (χ0n) is 11.7. The second-order valence-corrected chi connectivity index (χ2v) is 6.12. The van der Waals surface area contributed by atoms with Crippen molar-refractivity contribution in [3.8, 4) is 0 Å². The van der Waals surface area contributed by atoms with Crippen molar-refractivity contribution >= 4 is 0 Å². The Labute approximate surface area is 110 Å². The molecule has 18 heavy (non-hydrogen) atoms. The van der Waals surface area contributed by atoms with E-state index in [0.717, 1.165) is 25.9 Å². The minimum atomic E-state index is -0.211. The molecule has 4 nitrogen and oxygen atoms in total. The maximum absolute atomic E-state index is 9.55. The molecule has 0 bridgehead atoms. The maximum Gasteiger partial charge on any atom is 0.0809 e. The summed E-state index contributed by atoms with van der Waals surface area (Å²) in [4.78, 5) is 0. The van der Waals surface area contributed by atoms with Crippen LogP contribution in [0.5, 0.6) is 0 Å². The minimum absolute atomic E-state index is 0.151. The summed E-state index contributed by atoms with van der Waals surface area (Å²) >= 11 is 0. The van der Waals surface area contributed by atoms with Gasteiger partial charge in [-0.1, -0.05) is 0 Å². The van der Waals surface area contributed by atoms with Crippen LogP contribution >= 0.6 is 0 Å². The van der Waals surface area contributed by atoms with E-state index in [1.807, 2.05) is 0 Å². The summed E-state index contributed by atoms with van der Waals surface area (Å²) in [6, 6.07) is 0.604. The molecule has 0 spiro atoms. The monoisotopic (exact) mass is 257 g/mol. The minimum Gasteiger partial charge on any atom is -0.394 e. The number of nitrogens with one attached hydrogen (secondary N) is 1. The van der Waals surface area contributed by atoms with Crippen LogP contribution in [0.2, 0.25) is 0 Å². The lowest BCUT2D eigenvalue weighted by Gasteiger charge is -2.32. The molecule has 2 rings (SSSR count). The number of rotatable bonds is 8. The van der Waals surface area contributed by atoms with E-state index in [-0.39, 0.29) is 24.4 Å². The van der Waals surface area contributed by atoms with Crippen molar-refractivity contribution in [1.29, 1.82) is 0 Å². The molecule has 2 aliphatic rings. The molecule has 0 aromatic heterocycles. The van der Waals surface area contributed by atoms with Crippen molar-refractivity contribution < 1.29 is 14.6 Å². The van der Waals surface area contributed by atoms with Gasteiger partial charge in [-0.2, -0.15) is 0 Å². The Kier molecular flexibility index (Phi) is 5.01. The van der Waals surface area contributed by atoms with Gasteiger partial charge in [-0.25, -0.2) is 0 Å². The summed E-state index contributed by atoms with van der Waals surface area (Å²) in [7, 11) is 0. The number of hydrogen-bond donors (Lipinski definition) is 2. The Bertz CT molecular complexity index is 251. The van der Waals surface area contributed by atoms with Gasteiger partial charge < -0.3 is 19.9 Å². The Balaban J connectivity index is 1.68. The SMILES string of the molecule is CC(CC(C)(CO)NC1CC1)OCC1CCCO1. The second kappa shape index (κ2) is 6.33.